The molecule has 1 fully saturated rings. The van der Waals surface area contributed by atoms with E-state index >= 15 is 0 Å². The van der Waals surface area contributed by atoms with Crippen LogP contribution in [0.4, 0.5) is 10.1 Å². The zero-order chi connectivity index (χ0) is 22.5. The van der Waals surface area contributed by atoms with Gasteiger partial charge >= 0.3 is 0 Å². The van der Waals surface area contributed by atoms with Crippen LogP contribution in [0.25, 0.3) is 0 Å². The summed E-state index contributed by atoms with van der Waals surface area (Å²) in [4.78, 5) is 42.0. The minimum atomic E-state index is -0.262. The molecule has 8 heteroatoms. The van der Waals surface area contributed by atoms with Crippen LogP contribution in [-0.4, -0.2) is 54.6 Å². The maximum atomic E-state index is 13.7. The number of halogens is 1. The Bertz CT molecular complexity index is 1010. The number of likely N-dealkylation sites (tertiary alicyclic amines) is 1. The Morgan fingerprint density at radius 1 is 1.06 bits per heavy atom. The molecule has 1 saturated heterocycles. The predicted molar refractivity (Wildman–Crippen MR) is 122 cm³/mol. The summed E-state index contributed by atoms with van der Waals surface area (Å²) >= 11 is 1.49. The molecule has 4 rings (SSSR count). The highest BCUT2D eigenvalue weighted by atomic mass is 32.2. The molecule has 32 heavy (non-hydrogen) atoms. The minimum absolute atomic E-state index is 0.0237. The number of nitrogens with one attached hydrogen (secondary N) is 1. The zero-order valence-electron chi connectivity index (χ0n) is 17.8. The van der Waals surface area contributed by atoms with Crippen LogP contribution < -0.4 is 10.2 Å². The van der Waals surface area contributed by atoms with Crippen LogP contribution in [0.15, 0.2) is 53.4 Å². The van der Waals surface area contributed by atoms with Crippen molar-refractivity contribution in [2.24, 2.45) is 5.92 Å². The Morgan fingerprint density at radius 3 is 2.56 bits per heavy atom. The van der Waals surface area contributed by atoms with E-state index in [1.54, 1.807) is 28.0 Å². The van der Waals surface area contributed by atoms with Crippen molar-refractivity contribution in [2.75, 3.05) is 36.8 Å². The number of benzene rings is 2. The number of carbonyl (C=O) groups excluding carboxylic acids is 3. The molecule has 0 unspecified atom stereocenters. The van der Waals surface area contributed by atoms with Gasteiger partial charge in [0, 0.05) is 30.4 Å². The first-order valence-corrected chi connectivity index (χ1v) is 11.8. The molecule has 2 aliphatic heterocycles. The summed E-state index contributed by atoms with van der Waals surface area (Å²) in [5.41, 5.74) is 1.37. The van der Waals surface area contributed by atoms with Crippen molar-refractivity contribution >= 4 is 35.2 Å². The zero-order valence-corrected chi connectivity index (χ0v) is 18.6. The fourth-order valence-corrected chi connectivity index (χ4v) is 5.06. The first-order chi connectivity index (χ1) is 15.5. The van der Waals surface area contributed by atoms with Crippen molar-refractivity contribution in [3.8, 4) is 0 Å². The molecule has 6 nitrogen and oxygen atoms in total. The summed E-state index contributed by atoms with van der Waals surface area (Å²) in [7, 11) is 0. The monoisotopic (exact) mass is 455 g/mol. The van der Waals surface area contributed by atoms with Crippen molar-refractivity contribution in [3.05, 3.63) is 59.9 Å². The van der Waals surface area contributed by atoms with Crippen molar-refractivity contribution in [2.45, 2.75) is 24.2 Å². The molecule has 2 heterocycles. The van der Waals surface area contributed by atoms with Gasteiger partial charge in [0.25, 0.3) is 0 Å². The molecule has 168 valence electrons. The molecule has 2 aromatic carbocycles. The number of piperidine rings is 1. The van der Waals surface area contributed by atoms with Gasteiger partial charge in [-0.25, -0.2) is 4.39 Å². The van der Waals surface area contributed by atoms with Gasteiger partial charge in [0.05, 0.1) is 11.4 Å². The third kappa shape index (κ3) is 5.12. The lowest BCUT2D eigenvalue weighted by Gasteiger charge is -2.34. The van der Waals surface area contributed by atoms with Gasteiger partial charge in [0.1, 0.15) is 12.4 Å². The average Bonchev–Trinajstić information content (AvgIpc) is 2.82. The normalized spacial score (nSPS) is 16.6. The molecule has 1 N–H and O–H groups in total. The molecule has 0 aliphatic carbocycles. The Hall–Kier alpha value is -2.87. The number of carbonyl (C=O) groups is 3. The van der Waals surface area contributed by atoms with Crippen LogP contribution in [-0.2, 0) is 20.8 Å². The number of nitrogens with zero attached hydrogens (tertiary/aromatic N) is 2. The molecule has 3 amide bonds. The summed E-state index contributed by atoms with van der Waals surface area (Å²) in [6, 6.07) is 14.2. The number of fused-ring (bicyclic) bond motifs is 1. The van der Waals surface area contributed by atoms with Crippen LogP contribution in [0, 0.1) is 11.7 Å². The highest BCUT2D eigenvalue weighted by molar-refractivity contribution is 8.00. The second-order valence-electron chi connectivity index (χ2n) is 8.02. The first kappa shape index (κ1) is 22.3. The van der Waals surface area contributed by atoms with Crippen LogP contribution >= 0.6 is 11.8 Å². The molecular formula is C24H26FN3O3S. The summed E-state index contributed by atoms with van der Waals surface area (Å²) in [5, 5.41) is 2.89. The predicted octanol–water partition coefficient (Wildman–Crippen LogP) is 2.86. The van der Waals surface area contributed by atoms with E-state index in [0.717, 1.165) is 10.6 Å². The lowest BCUT2D eigenvalue weighted by molar-refractivity contribution is -0.135. The quantitative estimate of drug-likeness (QED) is 0.727. The van der Waals surface area contributed by atoms with Crippen molar-refractivity contribution in [1.29, 1.82) is 0 Å². The van der Waals surface area contributed by atoms with Gasteiger partial charge in [-0.3, -0.25) is 14.4 Å². The Labute approximate surface area is 191 Å². The fraction of sp³-hybridized carbons (Fsp3) is 0.375. The number of anilines is 1. The molecule has 0 saturated carbocycles. The summed E-state index contributed by atoms with van der Waals surface area (Å²) < 4.78 is 13.7. The average molecular weight is 456 g/mol. The van der Waals surface area contributed by atoms with Gasteiger partial charge in [0.15, 0.2) is 0 Å². The summed E-state index contributed by atoms with van der Waals surface area (Å²) in [5.74, 6) is -0.301. The molecule has 0 spiro atoms. The molecule has 0 aromatic heterocycles. The van der Waals surface area contributed by atoms with Gasteiger partial charge < -0.3 is 15.1 Å². The number of amides is 3. The Balaban J connectivity index is 1.25. The molecule has 0 radical (unpaired) electrons. The van der Waals surface area contributed by atoms with E-state index in [1.165, 1.54) is 17.8 Å². The van der Waals surface area contributed by atoms with E-state index < -0.39 is 0 Å². The number of hydrogen-bond acceptors (Lipinski definition) is 4. The van der Waals surface area contributed by atoms with E-state index in [2.05, 4.69) is 5.32 Å². The Morgan fingerprint density at radius 2 is 1.78 bits per heavy atom. The van der Waals surface area contributed by atoms with Gasteiger partial charge in [-0.05, 0) is 43.0 Å². The van der Waals surface area contributed by atoms with E-state index in [9.17, 15) is 18.8 Å². The van der Waals surface area contributed by atoms with Crippen molar-refractivity contribution < 1.29 is 18.8 Å². The number of thioether (sulfide) groups is 1. The molecule has 0 bridgehead atoms. The van der Waals surface area contributed by atoms with Gasteiger partial charge in [-0.1, -0.05) is 30.3 Å². The standard InChI is InChI=1S/C24H26FN3O3S/c25-19-6-2-1-5-17(19)9-12-26-24(31)18-10-13-27(14-11-18)22(29)15-28-20-7-3-4-8-21(20)32-16-23(28)30/h1-8,18H,9-16H2,(H,26,31). The number of hydrogen-bond donors (Lipinski definition) is 1. The molecule has 2 aromatic rings. The maximum Gasteiger partial charge on any atom is 0.242 e. The highest BCUT2D eigenvalue weighted by Crippen LogP contribution is 2.34. The molecule has 0 atom stereocenters. The second kappa shape index (κ2) is 10.2. The van der Waals surface area contributed by atoms with Gasteiger partial charge in [0.2, 0.25) is 17.7 Å². The minimum Gasteiger partial charge on any atom is -0.356 e. The van der Waals surface area contributed by atoms with Crippen molar-refractivity contribution in [3.63, 3.8) is 0 Å². The van der Waals surface area contributed by atoms with Crippen molar-refractivity contribution in [1.82, 2.24) is 10.2 Å². The van der Waals surface area contributed by atoms with Crippen LogP contribution in [0.1, 0.15) is 18.4 Å². The maximum absolute atomic E-state index is 13.7. The number of rotatable bonds is 6. The van der Waals surface area contributed by atoms with E-state index in [1.807, 2.05) is 24.3 Å². The van der Waals surface area contributed by atoms with E-state index in [4.69, 9.17) is 0 Å². The number of para-hydroxylation sites is 1. The molecule has 2 aliphatic rings. The van der Waals surface area contributed by atoms with E-state index in [-0.39, 0.29) is 36.0 Å². The van der Waals surface area contributed by atoms with Crippen LogP contribution in [0.2, 0.25) is 0 Å². The Kier molecular flexibility index (Phi) is 7.09. The largest absolute Gasteiger partial charge is 0.356 e. The summed E-state index contributed by atoms with van der Waals surface area (Å²) in [6.45, 7) is 1.38. The van der Waals surface area contributed by atoms with E-state index in [0.29, 0.717) is 50.2 Å². The lowest BCUT2D eigenvalue weighted by atomic mass is 9.95. The summed E-state index contributed by atoms with van der Waals surface area (Å²) in [6.07, 6.45) is 1.61. The van der Waals surface area contributed by atoms with Crippen LogP contribution in [0.3, 0.4) is 0 Å². The third-order valence-electron chi connectivity index (χ3n) is 5.97. The third-order valence-corrected chi connectivity index (χ3v) is 7.02. The topological polar surface area (TPSA) is 69.7 Å². The SMILES string of the molecule is O=C(NCCc1ccccc1F)C1CCN(C(=O)CN2C(=O)CSc3ccccc32)CC1. The first-order valence-electron chi connectivity index (χ1n) is 10.8. The smallest absolute Gasteiger partial charge is 0.242 e. The second-order valence-corrected chi connectivity index (χ2v) is 9.04. The van der Waals surface area contributed by atoms with Gasteiger partial charge in [-0.15, -0.1) is 11.8 Å². The van der Waals surface area contributed by atoms with Crippen LogP contribution in [0.5, 0.6) is 0 Å². The molecular weight excluding hydrogens is 429 g/mol. The van der Waals surface area contributed by atoms with Gasteiger partial charge in [-0.2, -0.15) is 0 Å². The lowest BCUT2D eigenvalue weighted by Crippen LogP contribution is -2.48. The fourth-order valence-electron chi connectivity index (χ4n) is 4.12. The highest BCUT2D eigenvalue weighted by Gasteiger charge is 2.31.